The van der Waals surface area contributed by atoms with Gasteiger partial charge in [0.05, 0.1) is 16.1 Å². The van der Waals surface area contributed by atoms with E-state index >= 15 is 0 Å². The number of amides is 2. The third-order valence-corrected chi connectivity index (χ3v) is 8.98. The van der Waals surface area contributed by atoms with Gasteiger partial charge in [-0.2, -0.15) is 0 Å². The minimum Gasteiger partial charge on any atom is -0.331 e. The second kappa shape index (κ2) is 8.76. The van der Waals surface area contributed by atoms with Crippen molar-refractivity contribution in [2.45, 2.75) is 51.1 Å². The number of anilines is 2. The van der Waals surface area contributed by atoms with Crippen molar-refractivity contribution in [3.63, 3.8) is 0 Å². The van der Waals surface area contributed by atoms with Crippen molar-refractivity contribution in [1.82, 2.24) is 9.88 Å². The summed E-state index contributed by atoms with van der Waals surface area (Å²) in [5, 5.41) is 3.13. The molecule has 1 aliphatic carbocycles. The molecule has 0 saturated heterocycles. The second-order valence-corrected chi connectivity index (χ2v) is 11.8. The van der Waals surface area contributed by atoms with Crippen molar-refractivity contribution in [1.29, 1.82) is 0 Å². The van der Waals surface area contributed by atoms with Crippen molar-refractivity contribution in [2.75, 3.05) is 10.0 Å². The fourth-order valence-electron chi connectivity index (χ4n) is 4.53. The first-order valence-electron chi connectivity index (χ1n) is 11.4. The Morgan fingerprint density at radius 1 is 1.20 bits per heavy atom. The molecule has 2 amide bonds. The van der Waals surface area contributed by atoms with Crippen LogP contribution in [0.15, 0.2) is 47.4 Å². The van der Waals surface area contributed by atoms with Crippen LogP contribution in [0.3, 0.4) is 0 Å². The SMILES string of the molecule is CC(=O)Nc1nc(C)c(-c2cc3c(c(S(=O)(=O)Nc4ccccc4)c2)C(=O)N([C@@H](C)C2CC2)C3)s1. The quantitative estimate of drug-likeness (QED) is 0.482. The molecule has 10 heteroatoms. The van der Waals surface area contributed by atoms with Gasteiger partial charge in [0.2, 0.25) is 5.91 Å². The summed E-state index contributed by atoms with van der Waals surface area (Å²) in [6, 6.07) is 12.1. The van der Waals surface area contributed by atoms with Crippen LogP contribution in [0.1, 0.15) is 48.3 Å². The van der Waals surface area contributed by atoms with Crippen LogP contribution in [0.25, 0.3) is 10.4 Å². The van der Waals surface area contributed by atoms with E-state index in [4.69, 9.17) is 0 Å². The lowest BCUT2D eigenvalue weighted by Gasteiger charge is -2.24. The van der Waals surface area contributed by atoms with Gasteiger partial charge in [-0.25, -0.2) is 13.4 Å². The first-order chi connectivity index (χ1) is 16.6. The average Bonchev–Trinajstić information content (AvgIpc) is 3.52. The van der Waals surface area contributed by atoms with Crippen LogP contribution >= 0.6 is 11.3 Å². The molecule has 0 unspecified atom stereocenters. The zero-order valence-corrected chi connectivity index (χ0v) is 21.3. The number of aryl methyl sites for hydroxylation is 1. The maximum atomic E-state index is 13.6. The summed E-state index contributed by atoms with van der Waals surface area (Å²) in [6.45, 7) is 5.62. The van der Waals surface area contributed by atoms with Crippen LogP contribution in [0, 0.1) is 12.8 Å². The predicted molar refractivity (Wildman–Crippen MR) is 136 cm³/mol. The zero-order valence-electron chi connectivity index (χ0n) is 19.7. The van der Waals surface area contributed by atoms with E-state index in [1.165, 1.54) is 18.3 Å². The Bertz CT molecular complexity index is 1430. The molecule has 3 aromatic rings. The number of thiazole rings is 1. The van der Waals surface area contributed by atoms with Gasteiger partial charge in [0.1, 0.15) is 4.90 Å². The Morgan fingerprint density at radius 3 is 2.57 bits per heavy atom. The van der Waals surface area contributed by atoms with Crippen LogP contribution in [-0.2, 0) is 21.4 Å². The van der Waals surface area contributed by atoms with Crippen LogP contribution in [0.2, 0.25) is 0 Å². The van der Waals surface area contributed by atoms with E-state index in [0.29, 0.717) is 40.1 Å². The molecule has 2 aromatic carbocycles. The third kappa shape index (κ3) is 4.55. The highest BCUT2D eigenvalue weighted by molar-refractivity contribution is 7.92. The van der Waals surface area contributed by atoms with E-state index in [0.717, 1.165) is 17.7 Å². The number of aromatic nitrogens is 1. The zero-order chi connectivity index (χ0) is 24.9. The number of benzene rings is 2. The van der Waals surface area contributed by atoms with E-state index < -0.39 is 10.0 Å². The second-order valence-electron chi connectivity index (χ2n) is 9.11. The number of hydrogen-bond donors (Lipinski definition) is 2. The number of nitrogens with zero attached hydrogens (tertiary/aromatic N) is 2. The fraction of sp³-hybridized carbons (Fsp3) is 0.320. The van der Waals surface area contributed by atoms with E-state index in [2.05, 4.69) is 15.0 Å². The van der Waals surface area contributed by atoms with Crippen LogP contribution in [0.4, 0.5) is 10.8 Å². The molecule has 5 rings (SSSR count). The van der Waals surface area contributed by atoms with Gasteiger partial charge in [0, 0.05) is 25.2 Å². The Morgan fingerprint density at radius 2 is 1.91 bits per heavy atom. The summed E-state index contributed by atoms with van der Waals surface area (Å²) in [6.07, 6.45) is 2.17. The number of carbonyl (C=O) groups is 2. The van der Waals surface area contributed by atoms with Crippen molar-refractivity contribution in [3.8, 4) is 10.4 Å². The molecule has 0 bridgehead atoms. The lowest BCUT2D eigenvalue weighted by atomic mass is 10.0. The first kappa shape index (κ1) is 23.5. The van der Waals surface area contributed by atoms with E-state index in [9.17, 15) is 18.0 Å². The molecule has 1 fully saturated rings. The van der Waals surface area contributed by atoms with Crippen molar-refractivity contribution in [3.05, 3.63) is 59.3 Å². The van der Waals surface area contributed by atoms with Crippen LogP contribution in [0.5, 0.6) is 0 Å². The molecule has 1 aromatic heterocycles. The Balaban J connectivity index is 1.63. The maximum Gasteiger partial charge on any atom is 0.262 e. The lowest BCUT2D eigenvalue weighted by Crippen LogP contribution is -2.35. The molecular weight excluding hydrogens is 484 g/mol. The van der Waals surface area contributed by atoms with Gasteiger partial charge >= 0.3 is 0 Å². The molecule has 2 aliphatic rings. The van der Waals surface area contributed by atoms with Crippen LogP contribution < -0.4 is 10.0 Å². The first-order valence-corrected chi connectivity index (χ1v) is 13.7. The van der Waals surface area contributed by atoms with Gasteiger partial charge in [-0.05, 0) is 68.0 Å². The summed E-state index contributed by atoms with van der Waals surface area (Å²) >= 11 is 1.28. The number of hydrogen-bond acceptors (Lipinski definition) is 6. The molecule has 35 heavy (non-hydrogen) atoms. The van der Waals surface area contributed by atoms with Crippen molar-refractivity contribution in [2.24, 2.45) is 5.92 Å². The number of nitrogens with one attached hydrogen (secondary N) is 2. The Labute approximate surface area is 208 Å². The molecule has 8 nitrogen and oxygen atoms in total. The molecule has 1 saturated carbocycles. The average molecular weight is 511 g/mol. The number of carbonyl (C=O) groups excluding carboxylic acids is 2. The Kier molecular flexibility index (Phi) is 5.88. The summed E-state index contributed by atoms with van der Waals surface area (Å²) in [7, 11) is -4.06. The van der Waals surface area contributed by atoms with Gasteiger partial charge in [-0.3, -0.25) is 14.3 Å². The smallest absolute Gasteiger partial charge is 0.262 e. The van der Waals surface area contributed by atoms with Crippen molar-refractivity contribution >= 4 is 44.0 Å². The molecule has 0 spiro atoms. The molecular formula is C25H26N4O4S2. The minimum atomic E-state index is -4.06. The highest BCUT2D eigenvalue weighted by atomic mass is 32.2. The lowest BCUT2D eigenvalue weighted by molar-refractivity contribution is -0.114. The summed E-state index contributed by atoms with van der Waals surface area (Å²) in [4.78, 5) is 31.9. The number of rotatable bonds is 7. The predicted octanol–water partition coefficient (Wildman–Crippen LogP) is 4.63. The number of sulfonamides is 1. The normalized spacial score (nSPS) is 16.2. The molecule has 182 valence electrons. The van der Waals surface area contributed by atoms with E-state index in [1.54, 1.807) is 41.3 Å². The number of fused-ring (bicyclic) bond motifs is 1. The highest BCUT2D eigenvalue weighted by Crippen LogP contribution is 2.42. The standard InChI is InChI=1S/C25H26N4O4S2/c1-14-23(34-25(26-14)27-16(3)30)18-11-19-13-29(15(2)17-9-10-17)24(31)22(19)21(12-18)35(32,33)28-20-7-5-4-6-8-20/h4-8,11-12,15,17,28H,9-10,13H2,1-3H3,(H,26,27,30)/t15-/m0/s1. The van der Waals surface area contributed by atoms with Gasteiger partial charge in [0.25, 0.3) is 15.9 Å². The van der Waals surface area contributed by atoms with Crippen LogP contribution in [-0.4, -0.2) is 36.2 Å². The molecule has 2 heterocycles. The maximum absolute atomic E-state index is 13.6. The minimum absolute atomic E-state index is 0.0433. The largest absolute Gasteiger partial charge is 0.331 e. The van der Waals surface area contributed by atoms with Gasteiger partial charge in [-0.15, -0.1) is 0 Å². The summed E-state index contributed by atoms with van der Waals surface area (Å²) < 4.78 is 29.8. The van der Waals surface area contributed by atoms with Crippen molar-refractivity contribution < 1.29 is 18.0 Å². The number of para-hydroxylation sites is 1. The van der Waals surface area contributed by atoms with Gasteiger partial charge < -0.3 is 10.2 Å². The third-order valence-electron chi connectivity index (χ3n) is 6.45. The molecule has 2 N–H and O–H groups in total. The fourth-order valence-corrected chi connectivity index (χ4v) is 6.85. The van der Waals surface area contributed by atoms with Gasteiger partial charge in [-0.1, -0.05) is 29.5 Å². The highest BCUT2D eigenvalue weighted by Gasteiger charge is 2.41. The van der Waals surface area contributed by atoms with Gasteiger partial charge in [0.15, 0.2) is 5.13 Å². The molecule has 1 aliphatic heterocycles. The summed E-state index contributed by atoms with van der Waals surface area (Å²) in [5.41, 5.74) is 2.65. The topological polar surface area (TPSA) is 108 Å². The monoisotopic (exact) mass is 510 g/mol. The molecule has 1 atom stereocenters. The Hall–Kier alpha value is -3.24. The van der Waals surface area contributed by atoms with E-state index in [1.807, 2.05) is 19.9 Å². The van der Waals surface area contributed by atoms with E-state index in [-0.39, 0.29) is 28.3 Å². The summed E-state index contributed by atoms with van der Waals surface area (Å²) in [5.74, 6) is -0.0246. The molecule has 0 radical (unpaired) electrons.